The van der Waals surface area contributed by atoms with Crippen LogP contribution in [0, 0.1) is 0 Å². The number of benzene rings is 2. The molecule has 1 saturated heterocycles. The molecule has 29 heavy (non-hydrogen) atoms. The van der Waals surface area contributed by atoms with E-state index in [0.29, 0.717) is 12.2 Å². The Bertz CT molecular complexity index is 948. The smallest absolute Gasteiger partial charge is 0.254 e. The Balaban J connectivity index is 1.28. The van der Waals surface area contributed by atoms with Crippen molar-refractivity contribution in [3.63, 3.8) is 0 Å². The van der Waals surface area contributed by atoms with Crippen LogP contribution in [0.4, 0.5) is 0 Å². The molecule has 1 fully saturated rings. The van der Waals surface area contributed by atoms with Gasteiger partial charge in [0.15, 0.2) is 0 Å². The van der Waals surface area contributed by atoms with E-state index in [4.69, 9.17) is 9.47 Å². The standard InChI is InChI=1S/C24H25NO4/c26-14-16-3-4-17-11-20(12-19(17)10-16)25-8-7-18-13-21(5-6-23(18)24(25)27)29-15-22-2-1-9-28-22/h3-6,10,13-14,20,22H,1-2,7-9,11-12,15H2. The molecular formula is C24H25NO4. The Morgan fingerprint density at radius 1 is 1.10 bits per heavy atom. The third-order valence-corrected chi connectivity index (χ3v) is 6.37. The van der Waals surface area contributed by atoms with E-state index in [2.05, 4.69) is 0 Å². The number of hydrogen-bond donors (Lipinski definition) is 0. The quantitative estimate of drug-likeness (QED) is 0.735. The van der Waals surface area contributed by atoms with Crippen molar-refractivity contribution in [1.82, 2.24) is 4.90 Å². The maximum absolute atomic E-state index is 13.2. The van der Waals surface area contributed by atoms with E-state index in [1.807, 2.05) is 41.3 Å². The van der Waals surface area contributed by atoms with Crippen molar-refractivity contribution in [2.24, 2.45) is 0 Å². The van der Waals surface area contributed by atoms with Crippen molar-refractivity contribution < 1.29 is 19.1 Å². The predicted molar refractivity (Wildman–Crippen MR) is 109 cm³/mol. The predicted octanol–water partition coefficient (Wildman–Crippen LogP) is 3.22. The van der Waals surface area contributed by atoms with Crippen LogP contribution in [-0.2, 0) is 24.0 Å². The Morgan fingerprint density at radius 3 is 2.83 bits per heavy atom. The molecule has 0 bridgehead atoms. The van der Waals surface area contributed by atoms with Crippen LogP contribution in [-0.4, -0.2) is 49.0 Å². The molecule has 0 spiro atoms. The lowest BCUT2D eigenvalue weighted by molar-refractivity contribution is 0.0657. The third-order valence-electron chi connectivity index (χ3n) is 6.37. The molecule has 2 heterocycles. The van der Waals surface area contributed by atoms with Gasteiger partial charge >= 0.3 is 0 Å². The molecule has 1 amide bonds. The lowest BCUT2D eigenvalue weighted by Crippen LogP contribution is -2.45. The Hall–Kier alpha value is -2.66. The van der Waals surface area contributed by atoms with Gasteiger partial charge in [-0.2, -0.15) is 0 Å². The molecule has 0 saturated carbocycles. The van der Waals surface area contributed by atoms with Crippen LogP contribution in [0.15, 0.2) is 36.4 Å². The van der Waals surface area contributed by atoms with Crippen LogP contribution >= 0.6 is 0 Å². The highest BCUT2D eigenvalue weighted by Gasteiger charge is 2.34. The molecule has 2 aromatic carbocycles. The van der Waals surface area contributed by atoms with Gasteiger partial charge in [-0.25, -0.2) is 0 Å². The minimum atomic E-state index is 0.102. The molecule has 3 aliphatic rings. The zero-order valence-corrected chi connectivity index (χ0v) is 16.4. The van der Waals surface area contributed by atoms with Crippen molar-refractivity contribution in [2.45, 2.75) is 44.2 Å². The highest BCUT2D eigenvalue weighted by atomic mass is 16.5. The van der Waals surface area contributed by atoms with Crippen molar-refractivity contribution >= 4 is 12.2 Å². The van der Waals surface area contributed by atoms with Crippen molar-refractivity contribution in [1.29, 1.82) is 0 Å². The summed E-state index contributed by atoms with van der Waals surface area (Å²) in [6.07, 6.45) is 5.74. The van der Waals surface area contributed by atoms with E-state index < -0.39 is 0 Å². The zero-order chi connectivity index (χ0) is 19.8. The molecule has 1 aliphatic carbocycles. The van der Waals surface area contributed by atoms with Crippen LogP contribution in [0.3, 0.4) is 0 Å². The molecule has 2 aliphatic heterocycles. The van der Waals surface area contributed by atoms with Crippen molar-refractivity contribution in [3.8, 4) is 5.75 Å². The van der Waals surface area contributed by atoms with Gasteiger partial charge in [0.25, 0.3) is 5.91 Å². The van der Waals surface area contributed by atoms with E-state index in [-0.39, 0.29) is 18.1 Å². The number of ether oxygens (including phenoxy) is 2. The number of hydrogen-bond acceptors (Lipinski definition) is 4. The first-order valence-corrected chi connectivity index (χ1v) is 10.5. The van der Waals surface area contributed by atoms with Gasteiger partial charge in [0.1, 0.15) is 18.6 Å². The number of carbonyl (C=O) groups is 2. The summed E-state index contributed by atoms with van der Waals surface area (Å²) in [7, 11) is 0. The Kier molecular flexibility index (Phi) is 4.84. The fraction of sp³-hybridized carbons (Fsp3) is 0.417. The second-order valence-electron chi connectivity index (χ2n) is 8.22. The van der Waals surface area contributed by atoms with Crippen LogP contribution in [0.1, 0.15) is 50.2 Å². The van der Waals surface area contributed by atoms with Crippen molar-refractivity contribution in [2.75, 3.05) is 19.8 Å². The van der Waals surface area contributed by atoms with Gasteiger partial charge < -0.3 is 14.4 Å². The average Bonchev–Trinajstić information content (AvgIpc) is 3.41. The molecule has 5 rings (SSSR count). The van der Waals surface area contributed by atoms with E-state index in [1.54, 1.807) is 0 Å². The molecule has 2 atom stereocenters. The van der Waals surface area contributed by atoms with Gasteiger partial charge in [-0.05, 0) is 73.1 Å². The number of rotatable bonds is 5. The second kappa shape index (κ2) is 7.64. The molecule has 0 N–H and O–H groups in total. The van der Waals surface area contributed by atoms with E-state index in [9.17, 15) is 9.59 Å². The fourth-order valence-electron chi connectivity index (χ4n) is 4.79. The molecular weight excluding hydrogens is 366 g/mol. The molecule has 0 aromatic heterocycles. The second-order valence-corrected chi connectivity index (χ2v) is 8.22. The summed E-state index contributed by atoms with van der Waals surface area (Å²) in [5.74, 6) is 0.917. The summed E-state index contributed by atoms with van der Waals surface area (Å²) < 4.78 is 11.5. The third kappa shape index (κ3) is 3.55. The van der Waals surface area contributed by atoms with E-state index in [0.717, 1.165) is 68.4 Å². The summed E-state index contributed by atoms with van der Waals surface area (Å²) in [4.78, 5) is 26.2. The summed E-state index contributed by atoms with van der Waals surface area (Å²) >= 11 is 0. The average molecular weight is 391 g/mol. The van der Waals surface area contributed by atoms with Gasteiger partial charge in [0, 0.05) is 30.3 Å². The first-order valence-electron chi connectivity index (χ1n) is 10.5. The summed E-state index contributed by atoms with van der Waals surface area (Å²) in [6, 6.07) is 11.8. The Morgan fingerprint density at radius 2 is 2.00 bits per heavy atom. The SMILES string of the molecule is O=Cc1ccc2c(c1)CC(N1CCc3cc(OCC4CCCO4)ccc3C1=O)C2. The van der Waals surface area contributed by atoms with E-state index in [1.165, 1.54) is 11.1 Å². The lowest BCUT2D eigenvalue weighted by Gasteiger charge is -2.33. The van der Waals surface area contributed by atoms with Crippen molar-refractivity contribution in [3.05, 3.63) is 64.2 Å². The first-order chi connectivity index (χ1) is 14.2. The van der Waals surface area contributed by atoms with Gasteiger partial charge in [-0.1, -0.05) is 12.1 Å². The molecule has 5 heteroatoms. The highest BCUT2D eigenvalue weighted by Crippen LogP contribution is 2.31. The van der Waals surface area contributed by atoms with Crippen LogP contribution < -0.4 is 4.74 Å². The maximum atomic E-state index is 13.2. The van der Waals surface area contributed by atoms with Gasteiger partial charge in [0.05, 0.1) is 6.10 Å². The van der Waals surface area contributed by atoms with Crippen LogP contribution in [0.25, 0.3) is 0 Å². The maximum Gasteiger partial charge on any atom is 0.254 e. The van der Waals surface area contributed by atoms with Crippen LogP contribution in [0.2, 0.25) is 0 Å². The minimum Gasteiger partial charge on any atom is -0.491 e. The molecule has 0 radical (unpaired) electrons. The number of carbonyl (C=O) groups excluding carboxylic acids is 2. The molecule has 2 aromatic rings. The number of nitrogens with zero attached hydrogens (tertiary/aromatic N) is 1. The van der Waals surface area contributed by atoms with Crippen LogP contribution in [0.5, 0.6) is 5.75 Å². The topological polar surface area (TPSA) is 55.8 Å². The summed E-state index contributed by atoms with van der Waals surface area (Å²) in [5.41, 5.74) is 4.99. The Labute approximate surface area is 170 Å². The monoisotopic (exact) mass is 391 g/mol. The summed E-state index contributed by atoms with van der Waals surface area (Å²) in [5, 5.41) is 0. The van der Waals surface area contributed by atoms with Gasteiger partial charge in [-0.15, -0.1) is 0 Å². The molecule has 2 unspecified atom stereocenters. The van der Waals surface area contributed by atoms with Gasteiger partial charge in [-0.3, -0.25) is 9.59 Å². The number of aldehydes is 1. The fourth-order valence-corrected chi connectivity index (χ4v) is 4.79. The summed E-state index contributed by atoms with van der Waals surface area (Å²) in [6.45, 7) is 2.12. The first kappa shape index (κ1) is 18.4. The molecule has 150 valence electrons. The zero-order valence-electron chi connectivity index (χ0n) is 16.4. The minimum absolute atomic E-state index is 0.102. The molecule has 5 nitrogen and oxygen atoms in total. The largest absolute Gasteiger partial charge is 0.491 e. The van der Waals surface area contributed by atoms with E-state index >= 15 is 0 Å². The normalized spacial score (nSPS) is 23.0. The van der Waals surface area contributed by atoms with Gasteiger partial charge in [0.2, 0.25) is 0 Å². The highest BCUT2D eigenvalue weighted by molar-refractivity contribution is 5.97. The lowest BCUT2D eigenvalue weighted by atomic mass is 9.96. The number of fused-ring (bicyclic) bond motifs is 2. The number of amides is 1.